The number of esters is 2. The van der Waals surface area contributed by atoms with Gasteiger partial charge in [-0.3, -0.25) is 9.59 Å². The molecule has 47 unspecified atom stereocenters. The van der Waals surface area contributed by atoms with Crippen molar-refractivity contribution in [2.45, 2.75) is 392 Å². The van der Waals surface area contributed by atoms with Gasteiger partial charge in [0.25, 0.3) is 0 Å². The number of hydrogen-bond donors (Lipinski definition) is 22. The minimum atomic E-state index is -2.14. The summed E-state index contributed by atoms with van der Waals surface area (Å²) in [5.74, 6) is -3.43. The zero-order valence-electron chi connectivity index (χ0n) is 72.8. The average molecular weight is 1820 g/mol. The molecule has 0 spiro atoms. The molecule has 0 aromatic rings. The smallest absolute Gasteiger partial charge is 0.317 e. The zero-order chi connectivity index (χ0) is 92.1. The maximum absolute atomic E-state index is 16.0. The van der Waals surface area contributed by atoms with Crippen LogP contribution in [0.4, 0.5) is 0 Å². The van der Waals surface area contributed by atoms with Crippen LogP contribution in [0, 0.1) is 56.2 Å². The number of hydrogen-bond acceptors (Lipinski definition) is 41. The molecule has 41 heteroatoms. The van der Waals surface area contributed by atoms with E-state index in [1.54, 1.807) is 20.8 Å². The molecule has 47 atom stereocenters. The number of allylic oxidation sites excluding steroid dienone is 2. The third-order valence-corrected chi connectivity index (χ3v) is 31.0. The van der Waals surface area contributed by atoms with Crippen LogP contribution < -0.4 is 0 Å². The van der Waals surface area contributed by atoms with E-state index >= 15 is 4.79 Å². The minimum absolute atomic E-state index is 0.0244. The lowest BCUT2D eigenvalue weighted by Crippen LogP contribution is -2.68. The highest BCUT2D eigenvalue weighted by atomic mass is 16.8. The lowest BCUT2D eigenvalue weighted by atomic mass is 9.33. The van der Waals surface area contributed by atoms with Gasteiger partial charge in [-0.25, -0.2) is 0 Å². The normalized spacial score (nSPS) is 51.0. The van der Waals surface area contributed by atoms with E-state index < -0.39 is 336 Å². The predicted octanol–water partition coefficient (Wildman–Crippen LogP) is -5.50. The summed E-state index contributed by atoms with van der Waals surface area (Å²) in [6.07, 6.45) is -57.2. The summed E-state index contributed by atoms with van der Waals surface area (Å²) in [5.41, 5.74) is -4.69. The van der Waals surface area contributed by atoms with Crippen LogP contribution in [0.1, 0.15) is 153 Å². The molecule has 8 heterocycles. The second kappa shape index (κ2) is 39.3. The van der Waals surface area contributed by atoms with Gasteiger partial charge in [0, 0.05) is 0 Å². The predicted molar refractivity (Wildman–Crippen MR) is 422 cm³/mol. The van der Waals surface area contributed by atoms with Crippen molar-refractivity contribution in [2.24, 2.45) is 56.2 Å². The number of aliphatic hydroxyl groups is 22. The van der Waals surface area contributed by atoms with E-state index in [1.165, 1.54) is 6.08 Å². The molecule has 41 nitrogen and oxygen atoms in total. The Morgan fingerprint density at radius 3 is 1.63 bits per heavy atom. The molecule has 8 saturated heterocycles. The Morgan fingerprint density at radius 1 is 0.492 bits per heavy atom. The number of carbonyl (C=O) groups excluding carboxylic acids is 2. The van der Waals surface area contributed by atoms with Gasteiger partial charge in [-0.2, -0.15) is 0 Å². The van der Waals surface area contributed by atoms with E-state index in [1.807, 2.05) is 0 Å². The second-order valence-electron chi connectivity index (χ2n) is 39.8. The van der Waals surface area contributed by atoms with Crippen LogP contribution in [0.2, 0.25) is 0 Å². The first-order valence-electron chi connectivity index (χ1n) is 44.4. The van der Waals surface area contributed by atoms with Crippen molar-refractivity contribution < 1.29 is 202 Å². The molecule has 0 aromatic carbocycles. The fourth-order valence-electron chi connectivity index (χ4n) is 23.0. The molecule has 0 amide bonds. The van der Waals surface area contributed by atoms with Gasteiger partial charge in [0.05, 0.1) is 76.1 Å². The molecule has 12 fully saturated rings. The fraction of sp³-hybridized carbons (Fsp3) is 0.929. The van der Waals surface area contributed by atoms with E-state index in [4.69, 9.17) is 80.5 Å². The molecule has 13 aliphatic rings. The summed E-state index contributed by atoms with van der Waals surface area (Å²) in [5, 5.41) is 246. The summed E-state index contributed by atoms with van der Waals surface area (Å²) in [4.78, 5) is 30.5. The third kappa shape index (κ3) is 18.8. The Morgan fingerprint density at radius 2 is 0.984 bits per heavy atom. The van der Waals surface area contributed by atoms with Crippen molar-refractivity contribution in [3.63, 3.8) is 0 Å². The number of aliphatic hydroxyl groups excluding tert-OH is 21. The van der Waals surface area contributed by atoms with Crippen molar-refractivity contribution in [3.8, 4) is 0 Å². The summed E-state index contributed by atoms with van der Waals surface area (Å²) in [7, 11) is 0. The summed E-state index contributed by atoms with van der Waals surface area (Å²) in [6.45, 7) is 18.5. The average Bonchev–Trinajstić information content (AvgIpc) is 0.669. The van der Waals surface area contributed by atoms with Gasteiger partial charge in [0.15, 0.2) is 56.2 Å². The maximum atomic E-state index is 16.0. The Labute approximate surface area is 730 Å². The molecule has 4 saturated carbocycles. The van der Waals surface area contributed by atoms with Gasteiger partial charge in [0.1, 0.15) is 158 Å². The highest BCUT2D eigenvalue weighted by Gasteiger charge is 2.73. The van der Waals surface area contributed by atoms with E-state index in [2.05, 4.69) is 61.1 Å². The fourth-order valence-corrected chi connectivity index (χ4v) is 23.0. The van der Waals surface area contributed by atoms with Gasteiger partial charge in [0.2, 0.25) is 6.29 Å². The van der Waals surface area contributed by atoms with Gasteiger partial charge >= 0.3 is 11.9 Å². The Balaban J connectivity index is 0.718. The molecule has 5 aliphatic carbocycles. The van der Waals surface area contributed by atoms with Crippen molar-refractivity contribution >= 4 is 11.9 Å². The largest absolute Gasteiger partial charge is 0.456 e. The number of fused-ring (bicyclic) bond motifs is 7. The number of ether oxygens (including phenoxy) is 17. The molecule has 8 aliphatic heterocycles. The molecule has 0 radical (unpaired) electrons. The Kier molecular flexibility index (Phi) is 31.3. The second-order valence-corrected chi connectivity index (χ2v) is 39.8. The quantitative estimate of drug-likeness (QED) is 0.0207. The molecule has 724 valence electrons. The molecular formula is C85H138O41. The van der Waals surface area contributed by atoms with Gasteiger partial charge < -0.3 is 193 Å². The van der Waals surface area contributed by atoms with E-state index in [0.29, 0.717) is 51.4 Å². The number of rotatable bonds is 27. The highest BCUT2D eigenvalue weighted by molar-refractivity contribution is 5.80. The summed E-state index contributed by atoms with van der Waals surface area (Å²) < 4.78 is 103. The number of carbonyl (C=O) groups is 2. The monoisotopic (exact) mass is 1810 g/mol. The summed E-state index contributed by atoms with van der Waals surface area (Å²) >= 11 is 0. The molecule has 13 rings (SSSR count). The maximum Gasteiger partial charge on any atom is 0.317 e. The van der Waals surface area contributed by atoms with Crippen LogP contribution in [0.25, 0.3) is 0 Å². The van der Waals surface area contributed by atoms with Crippen LogP contribution in [-0.2, 0) is 90.1 Å². The van der Waals surface area contributed by atoms with Crippen molar-refractivity contribution in [1.82, 2.24) is 0 Å². The lowest BCUT2D eigenvalue weighted by molar-refractivity contribution is -0.384. The highest BCUT2D eigenvalue weighted by Crippen LogP contribution is 2.76. The van der Waals surface area contributed by atoms with Crippen LogP contribution >= 0.6 is 0 Å². The summed E-state index contributed by atoms with van der Waals surface area (Å²) in [6, 6.07) is 0. The molecular weight excluding hydrogens is 1680 g/mol. The van der Waals surface area contributed by atoms with Gasteiger partial charge in [-0.05, 0) is 135 Å². The first kappa shape index (κ1) is 100. The third-order valence-electron chi connectivity index (χ3n) is 31.0. The standard InChI is InChI=1S/C85H138O41/c1-12-39-50(93)53(96)58(101)76(114-39)122-64-38(90)31-111-72(60(64)103)123-67-44(119-74-57(100)54(97)51(94)40(27-86)115-74)33-112-71(62(67)105)118-43-32-113-73(61(104)66(43)121-69(107)34(3)15-14-20-81(8,109)13-2)126-78(108)85-24-23-79(4,5)25-36(85)35-16-17-46-82(9)21-19-48(80(6,7)45(82)18-22-83(46,10)84(35,11)26-47(85)91)120-75-59(102)55(98)65(42(29-88)117-75)124-77-63(106)68(52(95)41(28-87)116-77)125-70-56(99)49(92)37(89)30-110-70/h13,16,34,36-68,70-77,86-106,109H,2,12,14-15,17-33H2,1,3-11H3. The Bertz CT molecular complexity index is 3650. The van der Waals surface area contributed by atoms with Crippen LogP contribution in [0.15, 0.2) is 24.3 Å². The SMILES string of the molecule is C=CC(C)(O)CCCC(C)C(=O)OC1C(OC2OCC(OC3OC(CO)C(O)C(O)C3O)C(OC3OCC(O)C(OC4OC(CC)C(O)C(O)C4O)C3O)C2O)COC(OC(=O)C23CCC(C)(C)CC2C2=CCC4C5(C)CCC(OC6OC(CO)C(OC7OC(CO)C(O)C(OC8OCC(O)C(O)C8O)C7O)C(O)C6O)C(C)(C)C5CCC4(C)C2(C)CC3O)C1O. The van der Waals surface area contributed by atoms with Crippen LogP contribution in [0.5, 0.6) is 0 Å². The van der Waals surface area contributed by atoms with Gasteiger partial charge in [-0.1, -0.05) is 80.0 Å². The van der Waals surface area contributed by atoms with Crippen LogP contribution in [-0.4, -0.2) is 410 Å². The van der Waals surface area contributed by atoms with Crippen LogP contribution in [0.3, 0.4) is 0 Å². The molecule has 0 aromatic heterocycles. The lowest BCUT2D eigenvalue weighted by Gasteiger charge is -2.71. The first-order valence-corrected chi connectivity index (χ1v) is 44.4. The molecule has 0 bridgehead atoms. The topological polar surface area (TPSA) is 636 Å². The van der Waals surface area contributed by atoms with Crippen molar-refractivity contribution in [2.75, 3.05) is 46.2 Å². The molecule has 126 heavy (non-hydrogen) atoms. The zero-order valence-corrected chi connectivity index (χ0v) is 72.8. The minimum Gasteiger partial charge on any atom is -0.456 e. The Hall–Kier alpha value is -3.06. The van der Waals surface area contributed by atoms with Gasteiger partial charge in [-0.15, -0.1) is 6.58 Å². The molecule has 22 N–H and O–H groups in total. The van der Waals surface area contributed by atoms with E-state index in [0.717, 1.165) is 5.57 Å². The van der Waals surface area contributed by atoms with E-state index in [-0.39, 0.29) is 49.4 Å². The first-order chi connectivity index (χ1) is 59.2. The van der Waals surface area contributed by atoms with E-state index in [9.17, 15) is 117 Å². The van der Waals surface area contributed by atoms with Crippen molar-refractivity contribution in [3.05, 3.63) is 24.3 Å². The van der Waals surface area contributed by atoms with Crippen molar-refractivity contribution in [1.29, 1.82) is 0 Å².